The molecule has 1 N–H and O–H groups in total. The lowest BCUT2D eigenvalue weighted by Crippen LogP contribution is -2.34. The van der Waals surface area contributed by atoms with Crippen molar-refractivity contribution >= 4 is 52.3 Å². The van der Waals surface area contributed by atoms with Crippen LogP contribution in [0.4, 0.5) is 5.69 Å². The number of halogens is 3. The molecule has 0 spiro atoms. The quantitative estimate of drug-likeness (QED) is 0.406. The smallest absolute Gasteiger partial charge is 0.274 e. The molecule has 0 radical (unpaired) electrons. The fourth-order valence-electron chi connectivity index (χ4n) is 3.22. The van der Waals surface area contributed by atoms with Crippen LogP contribution in [0.1, 0.15) is 40.3 Å². The van der Waals surface area contributed by atoms with Crippen molar-refractivity contribution < 1.29 is 9.59 Å². The molecule has 0 atom stereocenters. The third-order valence-electron chi connectivity index (χ3n) is 4.56. The summed E-state index contributed by atoms with van der Waals surface area (Å²) in [6.07, 6.45) is 1.55. The number of hydrogen-bond donors (Lipinski definition) is 1. The van der Waals surface area contributed by atoms with Gasteiger partial charge in [0.2, 0.25) is 0 Å². The highest BCUT2D eigenvalue weighted by Crippen LogP contribution is 2.26. The van der Waals surface area contributed by atoms with Crippen LogP contribution in [-0.2, 0) is 6.54 Å². The molecule has 0 aliphatic carbocycles. The van der Waals surface area contributed by atoms with Gasteiger partial charge in [0, 0.05) is 45.6 Å². The van der Waals surface area contributed by atoms with Gasteiger partial charge in [0.15, 0.2) is 0 Å². The number of pyridine rings is 1. The highest BCUT2D eigenvalue weighted by Gasteiger charge is 2.21. The summed E-state index contributed by atoms with van der Waals surface area (Å²) in [5.74, 6) is -0.359. The van der Waals surface area contributed by atoms with Crippen molar-refractivity contribution in [2.45, 2.75) is 20.4 Å². The first kappa shape index (κ1) is 24.1. The third kappa shape index (κ3) is 6.45. The number of carbonyl (C=O) groups excluding carboxylic acids is 2. The molecule has 0 saturated carbocycles. The SMILES string of the molecule is CC(C)CN(Cc1cc(Cl)ccc1NC(=O)c1ccccn1)C(=O)c1cc(Cl)cc(Cl)c1. The molecule has 0 saturated heterocycles. The number of aromatic nitrogens is 1. The molecule has 32 heavy (non-hydrogen) atoms. The molecule has 2 amide bonds. The van der Waals surface area contributed by atoms with Gasteiger partial charge in [-0.1, -0.05) is 54.7 Å². The Balaban J connectivity index is 1.91. The molecule has 166 valence electrons. The van der Waals surface area contributed by atoms with Crippen LogP contribution in [0.5, 0.6) is 0 Å². The Bertz CT molecular complexity index is 1100. The van der Waals surface area contributed by atoms with Gasteiger partial charge in [0.1, 0.15) is 5.69 Å². The van der Waals surface area contributed by atoms with E-state index in [0.717, 1.165) is 0 Å². The number of amides is 2. The summed E-state index contributed by atoms with van der Waals surface area (Å²) in [5.41, 5.74) is 1.93. The number of rotatable bonds is 7. The second-order valence-electron chi connectivity index (χ2n) is 7.71. The Kier molecular flexibility index (Phi) is 8.13. The topological polar surface area (TPSA) is 62.3 Å². The van der Waals surface area contributed by atoms with E-state index in [-0.39, 0.29) is 30.0 Å². The fraction of sp³-hybridized carbons (Fsp3) is 0.208. The van der Waals surface area contributed by atoms with Crippen molar-refractivity contribution in [1.29, 1.82) is 0 Å². The summed E-state index contributed by atoms with van der Waals surface area (Å²) in [4.78, 5) is 31.7. The van der Waals surface area contributed by atoms with E-state index in [1.165, 1.54) is 0 Å². The first-order chi connectivity index (χ1) is 15.2. The normalized spacial score (nSPS) is 10.8. The van der Waals surface area contributed by atoms with Crippen molar-refractivity contribution in [2.24, 2.45) is 5.92 Å². The van der Waals surface area contributed by atoms with Gasteiger partial charge in [-0.2, -0.15) is 0 Å². The molecule has 0 fully saturated rings. The molecule has 1 aromatic heterocycles. The van der Waals surface area contributed by atoms with E-state index in [1.54, 1.807) is 65.7 Å². The van der Waals surface area contributed by atoms with Gasteiger partial charge in [-0.15, -0.1) is 0 Å². The lowest BCUT2D eigenvalue weighted by Gasteiger charge is -2.26. The van der Waals surface area contributed by atoms with Gasteiger partial charge in [-0.25, -0.2) is 0 Å². The maximum Gasteiger partial charge on any atom is 0.274 e. The van der Waals surface area contributed by atoms with Crippen molar-refractivity contribution in [3.8, 4) is 0 Å². The fourth-order valence-corrected chi connectivity index (χ4v) is 3.94. The average Bonchev–Trinajstić information content (AvgIpc) is 2.74. The van der Waals surface area contributed by atoms with Gasteiger partial charge in [0.05, 0.1) is 0 Å². The molecule has 1 heterocycles. The highest BCUT2D eigenvalue weighted by atomic mass is 35.5. The summed E-state index contributed by atoms with van der Waals surface area (Å²) in [6, 6.07) is 15.0. The summed E-state index contributed by atoms with van der Waals surface area (Å²) in [6.45, 7) is 4.77. The van der Waals surface area contributed by atoms with Gasteiger partial charge >= 0.3 is 0 Å². The molecular formula is C24H22Cl3N3O2. The number of hydrogen-bond acceptors (Lipinski definition) is 3. The molecule has 0 unspecified atom stereocenters. The number of carbonyl (C=O) groups is 2. The van der Waals surface area contributed by atoms with Crippen LogP contribution in [0.15, 0.2) is 60.8 Å². The molecule has 3 aromatic rings. The number of nitrogens with zero attached hydrogens (tertiary/aromatic N) is 2. The molecule has 3 rings (SSSR count). The van der Waals surface area contributed by atoms with Crippen LogP contribution < -0.4 is 5.32 Å². The Morgan fingerprint density at radius 1 is 0.969 bits per heavy atom. The van der Waals surface area contributed by atoms with Gasteiger partial charge < -0.3 is 10.2 Å². The van der Waals surface area contributed by atoms with E-state index >= 15 is 0 Å². The lowest BCUT2D eigenvalue weighted by atomic mass is 10.1. The van der Waals surface area contributed by atoms with Crippen LogP contribution in [-0.4, -0.2) is 28.2 Å². The largest absolute Gasteiger partial charge is 0.334 e. The summed E-state index contributed by atoms with van der Waals surface area (Å²) in [5, 5.41) is 4.14. The zero-order chi connectivity index (χ0) is 23.3. The maximum absolute atomic E-state index is 13.3. The third-order valence-corrected chi connectivity index (χ3v) is 5.23. The van der Waals surface area contributed by atoms with Crippen LogP contribution in [0.25, 0.3) is 0 Å². The molecule has 0 aliphatic rings. The first-order valence-electron chi connectivity index (χ1n) is 9.99. The molecule has 0 bridgehead atoms. The van der Waals surface area contributed by atoms with Crippen LogP contribution >= 0.6 is 34.8 Å². The Hall–Kier alpha value is -2.60. The predicted octanol–water partition coefficient (Wildman–Crippen LogP) is 6.59. The van der Waals surface area contributed by atoms with Crippen LogP contribution in [0.3, 0.4) is 0 Å². The molecule has 0 aliphatic heterocycles. The van der Waals surface area contributed by atoms with E-state index in [0.29, 0.717) is 38.4 Å². The molecule has 8 heteroatoms. The van der Waals surface area contributed by atoms with E-state index in [1.807, 2.05) is 13.8 Å². The first-order valence-corrected chi connectivity index (χ1v) is 11.1. The average molecular weight is 491 g/mol. The summed E-state index contributed by atoms with van der Waals surface area (Å²) >= 11 is 18.4. The lowest BCUT2D eigenvalue weighted by molar-refractivity contribution is 0.0723. The zero-order valence-corrected chi connectivity index (χ0v) is 19.9. The number of nitrogens with one attached hydrogen (secondary N) is 1. The van der Waals surface area contributed by atoms with Crippen molar-refractivity contribution in [2.75, 3.05) is 11.9 Å². The second kappa shape index (κ2) is 10.8. The second-order valence-corrected chi connectivity index (χ2v) is 9.02. The predicted molar refractivity (Wildman–Crippen MR) is 130 cm³/mol. The van der Waals surface area contributed by atoms with Gasteiger partial charge in [-0.3, -0.25) is 14.6 Å². The van der Waals surface area contributed by atoms with Gasteiger partial charge in [-0.05, 0) is 60.0 Å². The van der Waals surface area contributed by atoms with E-state index in [2.05, 4.69) is 10.3 Å². The minimum absolute atomic E-state index is 0.208. The minimum Gasteiger partial charge on any atom is -0.334 e. The molecule has 5 nitrogen and oxygen atoms in total. The molecular weight excluding hydrogens is 469 g/mol. The number of anilines is 1. The monoisotopic (exact) mass is 489 g/mol. The summed E-state index contributed by atoms with van der Waals surface area (Å²) < 4.78 is 0. The minimum atomic E-state index is -0.350. The van der Waals surface area contributed by atoms with E-state index in [9.17, 15) is 9.59 Å². The molecule has 2 aromatic carbocycles. The Labute approximate surface area is 202 Å². The van der Waals surface area contributed by atoms with E-state index < -0.39 is 0 Å². The Morgan fingerprint density at radius 2 is 1.69 bits per heavy atom. The summed E-state index contributed by atoms with van der Waals surface area (Å²) in [7, 11) is 0. The van der Waals surface area contributed by atoms with Crippen molar-refractivity contribution in [3.05, 3.63) is 92.7 Å². The van der Waals surface area contributed by atoms with Crippen molar-refractivity contribution in [1.82, 2.24) is 9.88 Å². The maximum atomic E-state index is 13.3. The Morgan fingerprint density at radius 3 is 2.31 bits per heavy atom. The van der Waals surface area contributed by atoms with Crippen LogP contribution in [0, 0.1) is 5.92 Å². The van der Waals surface area contributed by atoms with Gasteiger partial charge in [0.25, 0.3) is 11.8 Å². The standard InChI is InChI=1S/C24H22Cl3N3O2/c1-15(2)13-30(24(32)16-9-19(26)12-20(27)10-16)14-17-11-18(25)6-7-21(17)29-23(31)22-5-3-4-8-28-22/h3-12,15H,13-14H2,1-2H3,(H,29,31). The van der Waals surface area contributed by atoms with E-state index in [4.69, 9.17) is 34.8 Å². The van der Waals surface area contributed by atoms with Crippen molar-refractivity contribution in [3.63, 3.8) is 0 Å². The highest BCUT2D eigenvalue weighted by molar-refractivity contribution is 6.35. The number of benzene rings is 2. The van der Waals surface area contributed by atoms with Crippen LogP contribution in [0.2, 0.25) is 15.1 Å². The zero-order valence-electron chi connectivity index (χ0n) is 17.6.